The van der Waals surface area contributed by atoms with Crippen LogP contribution < -0.4 is 31.7 Å². The number of primary amides is 1. The van der Waals surface area contributed by atoms with E-state index in [1.165, 1.54) is 30.0 Å². The van der Waals surface area contributed by atoms with Crippen molar-refractivity contribution in [1.29, 1.82) is 0 Å². The summed E-state index contributed by atoms with van der Waals surface area (Å²) in [5.74, 6) is -2.33. The molecule has 0 heterocycles. The van der Waals surface area contributed by atoms with Crippen LogP contribution >= 0.6 is 11.8 Å². The first-order chi connectivity index (χ1) is 30.3. The molecule has 0 aliphatic heterocycles. The third kappa shape index (κ3) is 15.5. The highest BCUT2D eigenvalue weighted by molar-refractivity contribution is 8.00. The van der Waals surface area contributed by atoms with Gasteiger partial charge in [-0.25, -0.2) is 19.2 Å². The van der Waals surface area contributed by atoms with E-state index >= 15 is 0 Å². The predicted octanol–water partition coefficient (Wildman–Crippen LogP) is 6.53. The number of nitrogens with one attached hydrogen (secondary N) is 4. The molecule has 15 nitrogen and oxygen atoms in total. The van der Waals surface area contributed by atoms with Gasteiger partial charge in [0.2, 0.25) is 11.8 Å². The van der Waals surface area contributed by atoms with Crippen LogP contribution in [0.2, 0.25) is 0 Å². The first kappa shape index (κ1) is 49.8. The van der Waals surface area contributed by atoms with Crippen LogP contribution in [-0.4, -0.2) is 84.3 Å². The van der Waals surface area contributed by atoms with Crippen molar-refractivity contribution in [2.75, 3.05) is 18.9 Å². The first-order valence-electron chi connectivity index (χ1n) is 20.5. The minimum Gasteiger partial charge on any atom is -0.460 e. The maximum atomic E-state index is 14.0. The molecule has 4 aromatic rings. The summed E-state index contributed by atoms with van der Waals surface area (Å²) < 4.78 is 20.5. The molecule has 0 aromatic heterocycles. The molecule has 0 bridgehead atoms. The molecule has 3 unspecified atom stereocenters. The van der Waals surface area contributed by atoms with Crippen molar-refractivity contribution in [3.63, 3.8) is 0 Å². The Morgan fingerprint density at radius 3 is 1.59 bits per heavy atom. The molecule has 64 heavy (non-hydrogen) atoms. The van der Waals surface area contributed by atoms with Gasteiger partial charge in [-0.1, -0.05) is 116 Å². The fourth-order valence-corrected chi connectivity index (χ4v) is 7.82. The number of hydrogen-bond donors (Lipinski definition) is 5. The zero-order valence-corrected chi connectivity index (χ0v) is 37.7. The van der Waals surface area contributed by atoms with Gasteiger partial charge in [-0.3, -0.25) is 9.59 Å². The summed E-state index contributed by atoms with van der Waals surface area (Å²) in [6.45, 7) is 13.1. The van der Waals surface area contributed by atoms with E-state index in [9.17, 15) is 28.8 Å². The molecule has 4 aromatic carbocycles. The first-order valence-corrected chi connectivity index (χ1v) is 21.5. The summed E-state index contributed by atoms with van der Waals surface area (Å²) in [6, 6.07) is 31.5. The molecular weight excluding hydrogens is 839 g/mol. The zero-order valence-electron chi connectivity index (χ0n) is 36.9. The van der Waals surface area contributed by atoms with Crippen LogP contribution in [-0.2, 0) is 39.8 Å². The van der Waals surface area contributed by atoms with Gasteiger partial charge in [-0.15, -0.1) is 11.8 Å². The number of esters is 1. The molecule has 0 aliphatic rings. The van der Waals surface area contributed by atoms with Gasteiger partial charge in [0.1, 0.15) is 41.7 Å². The Morgan fingerprint density at radius 1 is 0.641 bits per heavy atom. The maximum absolute atomic E-state index is 14.0. The van der Waals surface area contributed by atoms with E-state index in [4.69, 9.17) is 24.7 Å². The highest BCUT2D eigenvalue weighted by Crippen LogP contribution is 2.48. The van der Waals surface area contributed by atoms with Crippen LogP contribution in [0.3, 0.4) is 0 Å². The Hall–Kier alpha value is -6.81. The van der Waals surface area contributed by atoms with Crippen LogP contribution in [0, 0.1) is 0 Å². The van der Waals surface area contributed by atoms with Gasteiger partial charge >= 0.3 is 24.2 Å². The van der Waals surface area contributed by atoms with Crippen LogP contribution in [0.4, 0.5) is 14.4 Å². The number of rotatable bonds is 19. The van der Waals surface area contributed by atoms with Crippen LogP contribution in [0.15, 0.2) is 128 Å². The molecule has 6 N–H and O–H groups in total. The fraction of sp³-hybridized carbons (Fsp3) is 0.333. The lowest BCUT2D eigenvalue weighted by molar-refractivity contribution is -0.144. The largest absolute Gasteiger partial charge is 0.460 e. The molecule has 0 spiro atoms. The predicted molar refractivity (Wildman–Crippen MR) is 244 cm³/mol. The van der Waals surface area contributed by atoms with Crippen molar-refractivity contribution in [3.8, 4) is 5.75 Å². The quantitative estimate of drug-likeness (QED) is 0.0296. The van der Waals surface area contributed by atoms with Crippen LogP contribution in [0.1, 0.15) is 63.8 Å². The van der Waals surface area contributed by atoms with Crippen LogP contribution in [0.25, 0.3) is 0 Å². The highest BCUT2D eigenvalue weighted by atomic mass is 32.2. The average molecular weight is 896 g/mol. The van der Waals surface area contributed by atoms with Gasteiger partial charge < -0.3 is 45.9 Å². The topological polar surface area (TPSA) is 213 Å². The van der Waals surface area contributed by atoms with Crippen molar-refractivity contribution in [1.82, 2.24) is 21.3 Å². The normalized spacial score (nSPS) is 12.8. The molecule has 4 rings (SSSR count). The lowest BCUT2D eigenvalue weighted by Gasteiger charge is -2.36. The van der Waals surface area contributed by atoms with Crippen LogP contribution in [0.5, 0.6) is 5.75 Å². The SMILES string of the molecule is C=CCOC(=O)C(Cc1ccc(OC(=O)NC(CNC(=O)OC(C)(C)C)C(=O)NC(CSC(c2ccccc2)(c2ccccc2)c2ccccc2)C(N)=O)cc1)NC(=O)OC(C)(C)C. The Balaban J connectivity index is 1.54. The Bertz CT molecular complexity index is 2100. The molecular formula is C48H57N5O10S. The molecule has 3 atom stereocenters. The fourth-order valence-electron chi connectivity index (χ4n) is 6.25. The molecule has 0 fully saturated rings. The minimum atomic E-state index is -1.48. The van der Waals surface area contributed by atoms with Gasteiger partial charge in [0.15, 0.2) is 0 Å². The third-order valence-corrected chi connectivity index (χ3v) is 10.7. The smallest absolute Gasteiger partial charge is 0.413 e. The van der Waals surface area contributed by atoms with E-state index in [0.717, 1.165) is 16.7 Å². The summed E-state index contributed by atoms with van der Waals surface area (Å²) in [7, 11) is 0. The second-order valence-electron chi connectivity index (χ2n) is 16.5. The lowest BCUT2D eigenvalue weighted by Crippen LogP contribution is -2.57. The van der Waals surface area contributed by atoms with E-state index in [2.05, 4.69) is 27.8 Å². The minimum absolute atomic E-state index is 0.00273. The molecule has 0 saturated heterocycles. The number of nitrogens with two attached hydrogens (primary N) is 1. The second-order valence-corrected chi connectivity index (χ2v) is 17.7. The number of ether oxygens (including phenoxy) is 4. The highest BCUT2D eigenvalue weighted by Gasteiger charge is 2.39. The van der Waals surface area contributed by atoms with Crippen molar-refractivity contribution < 1.29 is 47.7 Å². The lowest BCUT2D eigenvalue weighted by atomic mass is 9.84. The molecule has 5 amide bonds. The summed E-state index contributed by atoms with van der Waals surface area (Å²) in [6.07, 6.45) is -1.35. The summed E-state index contributed by atoms with van der Waals surface area (Å²) in [4.78, 5) is 78.5. The van der Waals surface area contributed by atoms with E-state index in [-0.39, 0.29) is 24.5 Å². The molecule has 0 aliphatic carbocycles. The van der Waals surface area contributed by atoms with E-state index in [1.807, 2.05) is 91.0 Å². The summed E-state index contributed by atoms with van der Waals surface area (Å²) in [5, 5.41) is 10.2. The van der Waals surface area contributed by atoms with Gasteiger partial charge in [-0.05, 0) is 75.9 Å². The van der Waals surface area contributed by atoms with Crippen molar-refractivity contribution in [2.24, 2.45) is 5.73 Å². The summed E-state index contributed by atoms with van der Waals surface area (Å²) >= 11 is 1.40. The number of carbonyl (C=O) groups is 6. The van der Waals surface area contributed by atoms with E-state index < -0.39 is 76.7 Å². The average Bonchev–Trinajstić information content (AvgIpc) is 3.24. The number of carbonyl (C=O) groups excluding carboxylic acids is 6. The number of benzene rings is 4. The summed E-state index contributed by atoms with van der Waals surface area (Å²) in [5.41, 5.74) is 7.58. The number of alkyl carbamates (subject to hydrolysis) is 2. The molecule has 16 heteroatoms. The van der Waals surface area contributed by atoms with Crippen molar-refractivity contribution in [3.05, 3.63) is 150 Å². The zero-order chi connectivity index (χ0) is 46.9. The Kier molecular flexibility index (Phi) is 17.9. The number of hydrogen-bond acceptors (Lipinski definition) is 11. The van der Waals surface area contributed by atoms with E-state index in [0.29, 0.717) is 5.56 Å². The van der Waals surface area contributed by atoms with Gasteiger partial charge in [0, 0.05) is 12.2 Å². The van der Waals surface area contributed by atoms with Gasteiger partial charge in [0.05, 0.1) is 11.3 Å². The molecule has 340 valence electrons. The molecule has 0 radical (unpaired) electrons. The number of thioether (sulfide) groups is 1. The van der Waals surface area contributed by atoms with Crippen molar-refractivity contribution >= 4 is 47.8 Å². The monoisotopic (exact) mass is 895 g/mol. The standard InChI is InChI=1S/C48H57N5O10S/c1-8-28-60-42(56)37(52-45(59)63-47(5,6)7)29-32-24-26-36(27-25-32)61-44(58)53-38(30-50-43(57)62-46(2,3)4)41(55)51-39(40(49)54)31-64-48(33-18-12-9-13-19-33,34-20-14-10-15-21-34)35-22-16-11-17-23-35/h8-27,37-39H,1,28-31H2,2-7H3,(H2,49,54)(H,50,57)(H,51,55)(H,52,59)(H,53,58). The van der Waals surface area contributed by atoms with Gasteiger partial charge in [-0.2, -0.15) is 0 Å². The number of amides is 5. The Morgan fingerprint density at radius 2 is 1.12 bits per heavy atom. The van der Waals surface area contributed by atoms with Gasteiger partial charge in [0.25, 0.3) is 0 Å². The van der Waals surface area contributed by atoms with Crippen molar-refractivity contribution in [2.45, 2.75) is 82.0 Å². The Labute approximate surface area is 378 Å². The second kappa shape index (κ2) is 23.0. The molecule has 0 saturated carbocycles. The van der Waals surface area contributed by atoms with E-state index in [1.54, 1.807) is 53.7 Å². The maximum Gasteiger partial charge on any atom is 0.413 e. The third-order valence-electron chi connectivity index (χ3n) is 9.02.